The summed E-state index contributed by atoms with van der Waals surface area (Å²) >= 11 is 0. The highest BCUT2D eigenvalue weighted by Gasteiger charge is 2.24. The van der Waals surface area contributed by atoms with Gasteiger partial charge in [0.05, 0.1) is 0 Å². The topological polar surface area (TPSA) is 93.5 Å². The Morgan fingerprint density at radius 3 is 2.29 bits per heavy atom. The van der Waals surface area contributed by atoms with E-state index in [1.54, 1.807) is 13.8 Å². The first-order chi connectivity index (χ1) is 6.25. The third kappa shape index (κ3) is 4.69. The van der Waals surface area contributed by atoms with Gasteiger partial charge in [-0.05, 0) is 19.8 Å². The average Bonchev–Trinajstić information content (AvgIpc) is 1.99. The molecule has 5 heteroatoms. The lowest BCUT2D eigenvalue weighted by molar-refractivity contribution is -0.122. The van der Waals surface area contributed by atoms with Crippen molar-refractivity contribution in [3.63, 3.8) is 0 Å². The van der Waals surface area contributed by atoms with Crippen LogP contribution in [-0.4, -0.2) is 24.0 Å². The van der Waals surface area contributed by atoms with Gasteiger partial charge < -0.3 is 16.8 Å². The summed E-state index contributed by atoms with van der Waals surface area (Å²) in [4.78, 5) is 15.0. The van der Waals surface area contributed by atoms with E-state index in [1.165, 1.54) is 0 Å². The van der Waals surface area contributed by atoms with Crippen molar-refractivity contribution in [3.8, 4) is 0 Å². The lowest BCUT2D eigenvalue weighted by Gasteiger charge is -2.22. The van der Waals surface area contributed by atoms with Gasteiger partial charge in [0.2, 0.25) is 5.91 Å². The Labute approximate surface area is 84.9 Å². The maximum atomic E-state index is 10.9. The minimum Gasteiger partial charge on any atom is -0.370 e. The van der Waals surface area contributed by atoms with E-state index in [1.807, 2.05) is 13.8 Å². The number of nitrogens with one attached hydrogen (secondary N) is 1. The lowest BCUT2D eigenvalue weighted by atomic mass is 10.1. The van der Waals surface area contributed by atoms with E-state index < -0.39 is 11.4 Å². The maximum absolute atomic E-state index is 10.9. The molecule has 1 amide bonds. The van der Waals surface area contributed by atoms with Crippen LogP contribution in [0.15, 0.2) is 4.99 Å². The Bertz CT molecular complexity index is 233. The van der Waals surface area contributed by atoms with Crippen LogP contribution in [0.5, 0.6) is 0 Å². The van der Waals surface area contributed by atoms with E-state index in [0.29, 0.717) is 12.5 Å². The molecule has 0 saturated heterocycles. The molecule has 82 valence electrons. The van der Waals surface area contributed by atoms with Gasteiger partial charge in [-0.1, -0.05) is 13.8 Å². The van der Waals surface area contributed by atoms with Crippen molar-refractivity contribution in [3.05, 3.63) is 0 Å². The Hall–Kier alpha value is -1.26. The SMILES string of the molecule is CC(C)CN=C(N)NC(C)(C)C(N)=O. The van der Waals surface area contributed by atoms with E-state index in [4.69, 9.17) is 11.5 Å². The number of guanidine groups is 1. The molecule has 0 fully saturated rings. The van der Waals surface area contributed by atoms with E-state index in [-0.39, 0.29) is 5.96 Å². The summed E-state index contributed by atoms with van der Waals surface area (Å²) in [7, 11) is 0. The number of carbonyl (C=O) groups is 1. The second-order valence-electron chi connectivity index (χ2n) is 4.23. The number of hydrogen-bond donors (Lipinski definition) is 3. The zero-order chi connectivity index (χ0) is 11.4. The summed E-state index contributed by atoms with van der Waals surface area (Å²) < 4.78 is 0. The summed E-state index contributed by atoms with van der Waals surface area (Å²) in [6.07, 6.45) is 0. The van der Waals surface area contributed by atoms with Crippen molar-refractivity contribution in [2.75, 3.05) is 6.54 Å². The van der Waals surface area contributed by atoms with Gasteiger partial charge in [-0.25, -0.2) is 0 Å². The first-order valence-corrected chi connectivity index (χ1v) is 4.63. The molecule has 0 saturated carbocycles. The number of hydrogen-bond acceptors (Lipinski definition) is 2. The van der Waals surface area contributed by atoms with Crippen LogP contribution in [0, 0.1) is 5.92 Å². The molecule has 0 rings (SSSR count). The van der Waals surface area contributed by atoms with Crippen molar-refractivity contribution in [1.29, 1.82) is 0 Å². The van der Waals surface area contributed by atoms with Gasteiger partial charge >= 0.3 is 0 Å². The highest BCUT2D eigenvalue weighted by Crippen LogP contribution is 1.99. The normalized spacial score (nSPS) is 13.1. The number of rotatable bonds is 4. The molecule has 5 nitrogen and oxygen atoms in total. The molecule has 0 spiro atoms. The minimum absolute atomic E-state index is 0.252. The van der Waals surface area contributed by atoms with Crippen LogP contribution in [0.3, 0.4) is 0 Å². The van der Waals surface area contributed by atoms with Crippen LogP contribution in [-0.2, 0) is 4.79 Å². The third-order valence-corrected chi connectivity index (χ3v) is 1.68. The number of aliphatic imine (C=N–C) groups is 1. The monoisotopic (exact) mass is 200 g/mol. The van der Waals surface area contributed by atoms with Gasteiger partial charge in [0.25, 0.3) is 0 Å². The molecule has 0 aromatic rings. The highest BCUT2D eigenvalue weighted by molar-refractivity contribution is 5.90. The summed E-state index contributed by atoms with van der Waals surface area (Å²) in [5.74, 6) is 0.231. The predicted molar refractivity (Wildman–Crippen MR) is 57.7 cm³/mol. The summed E-state index contributed by atoms with van der Waals surface area (Å²) in [6, 6.07) is 0. The van der Waals surface area contributed by atoms with Gasteiger partial charge in [0, 0.05) is 6.54 Å². The van der Waals surface area contributed by atoms with Crippen LogP contribution in [0.2, 0.25) is 0 Å². The van der Waals surface area contributed by atoms with Crippen molar-refractivity contribution in [1.82, 2.24) is 5.32 Å². The second kappa shape index (κ2) is 4.83. The predicted octanol–water partition coefficient (Wildman–Crippen LogP) is -0.189. The molecule has 0 aliphatic heterocycles. The Morgan fingerprint density at radius 2 is 1.93 bits per heavy atom. The molecule has 0 atom stereocenters. The van der Waals surface area contributed by atoms with Crippen molar-refractivity contribution >= 4 is 11.9 Å². The molecule has 0 aliphatic carbocycles. The zero-order valence-electron chi connectivity index (χ0n) is 9.29. The van der Waals surface area contributed by atoms with Crippen LogP contribution in [0.25, 0.3) is 0 Å². The van der Waals surface area contributed by atoms with Gasteiger partial charge in [-0.2, -0.15) is 0 Å². The molecule has 0 aromatic heterocycles. The summed E-state index contributed by atoms with van der Waals surface area (Å²) in [5.41, 5.74) is 9.88. The van der Waals surface area contributed by atoms with Gasteiger partial charge in [-0.15, -0.1) is 0 Å². The Kier molecular flexibility index (Phi) is 4.40. The molecule has 0 aliphatic rings. The van der Waals surface area contributed by atoms with E-state index >= 15 is 0 Å². The van der Waals surface area contributed by atoms with E-state index in [9.17, 15) is 4.79 Å². The first-order valence-electron chi connectivity index (χ1n) is 4.63. The number of nitrogens with two attached hydrogens (primary N) is 2. The number of nitrogens with zero attached hydrogens (tertiary/aromatic N) is 1. The molecular formula is C9H20N4O. The number of primary amides is 1. The standard InChI is InChI=1S/C9H20N4O/c1-6(2)5-12-8(11)13-9(3,4)7(10)14/h6H,5H2,1-4H3,(H2,10,14)(H3,11,12,13). The van der Waals surface area contributed by atoms with Crippen molar-refractivity contribution < 1.29 is 4.79 Å². The second-order valence-corrected chi connectivity index (χ2v) is 4.23. The third-order valence-electron chi connectivity index (χ3n) is 1.68. The molecule has 0 bridgehead atoms. The van der Waals surface area contributed by atoms with Crippen LogP contribution >= 0.6 is 0 Å². The lowest BCUT2D eigenvalue weighted by Crippen LogP contribution is -2.55. The fourth-order valence-corrected chi connectivity index (χ4v) is 0.702. The van der Waals surface area contributed by atoms with Crippen molar-refractivity contribution in [2.24, 2.45) is 22.4 Å². The summed E-state index contributed by atoms with van der Waals surface area (Å²) in [5, 5.41) is 2.76. The van der Waals surface area contributed by atoms with E-state index in [0.717, 1.165) is 0 Å². The molecule has 0 radical (unpaired) electrons. The van der Waals surface area contributed by atoms with Gasteiger partial charge in [0.1, 0.15) is 5.54 Å². The largest absolute Gasteiger partial charge is 0.370 e. The number of amides is 1. The molecule has 5 N–H and O–H groups in total. The van der Waals surface area contributed by atoms with Crippen LogP contribution < -0.4 is 16.8 Å². The van der Waals surface area contributed by atoms with Crippen LogP contribution in [0.4, 0.5) is 0 Å². The molecular weight excluding hydrogens is 180 g/mol. The minimum atomic E-state index is -0.857. The maximum Gasteiger partial charge on any atom is 0.242 e. The van der Waals surface area contributed by atoms with E-state index in [2.05, 4.69) is 10.3 Å². The Balaban J connectivity index is 4.24. The zero-order valence-corrected chi connectivity index (χ0v) is 9.29. The first kappa shape index (κ1) is 12.7. The fourth-order valence-electron chi connectivity index (χ4n) is 0.702. The number of carbonyl (C=O) groups excluding carboxylic acids is 1. The fraction of sp³-hybridized carbons (Fsp3) is 0.778. The smallest absolute Gasteiger partial charge is 0.242 e. The van der Waals surface area contributed by atoms with Crippen molar-refractivity contribution in [2.45, 2.75) is 33.2 Å². The molecule has 0 aromatic carbocycles. The van der Waals surface area contributed by atoms with Gasteiger partial charge in [0.15, 0.2) is 5.96 Å². The van der Waals surface area contributed by atoms with Gasteiger partial charge in [-0.3, -0.25) is 9.79 Å². The highest BCUT2D eigenvalue weighted by atomic mass is 16.1. The van der Waals surface area contributed by atoms with Crippen LogP contribution in [0.1, 0.15) is 27.7 Å². The molecule has 0 unspecified atom stereocenters. The Morgan fingerprint density at radius 1 is 1.43 bits per heavy atom. The summed E-state index contributed by atoms with van der Waals surface area (Å²) in [6.45, 7) is 8.03. The molecule has 14 heavy (non-hydrogen) atoms. The average molecular weight is 200 g/mol. The quantitative estimate of drug-likeness (QED) is 0.434. The molecule has 0 heterocycles.